The van der Waals surface area contributed by atoms with E-state index in [0.717, 1.165) is 19.0 Å². The third kappa shape index (κ3) is 5.22. The molecule has 7 nitrogen and oxygen atoms in total. The number of rotatable bonds is 6. The van der Waals surface area contributed by atoms with Crippen molar-refractivity contribution in [3.63, 3.8) is 0 Å². The van der Waals surface area contributed by atoms with E-state index in [4.69, 9.17) is 21.1 Å². The smallest absolute Gasteiger partial charge is 0.310 e. The van der Waals surface area contributed by atoms with Gasteiger partial charge in [0.15, 0.2) is 5.96 Å². The fourth-order valence-electron chi connectivity index (χ4n) is 2.80. The van der Waals surface area contributed by atoms with Crippen molar-refractivity contribution in [3.8, 4) is 5.88 Å². The van der Waals surface area contributed by atoms with Gasteiger partial charge in [-0.15, -0.1) is 0 Å². The second-order valence-corrected chi connectivity index (χ2v) is 6.29. The van der Waals surface area contributed by atoms with E-state index in [1.807, 2.05) is 6.92 Å². The van der Waals surface area contributed by atoms with E-state index in [1.165, 1.54) is 7.11 Å². The minimum absolute atomic E-state index is 0.127. The number of carbonyl (C=O) groups is 1. The van der Waals surface area contributed by atoms with Crippen molar-refractivity contribution in [2.75, 3.05) is 39.9 Å². The summed E-state index contributed by atoms with van der Waals surface area (Å²) >= 11 is 6.01. The van der Waals surface area contributed by atoms with Gasteiger partial charge in [-0.05, 0) is 25.0 Å². The summed E-state index contributed by atoms with van der Waals surface area (Å²) in [5.74, 6) is 1.11. The van der Waals surface area contributed by atoms with E-state index in [2.05, 4.69) is 27.1 Å². The van der Waals surface area contributed by atoms with Gasteiger partial charge in [0.05, 0.1) is 19.6 Å². The molecule has 25 heavy (non-hydrogen) atoms. The third-order valence-corrected chi connectivity index (χ3v) is 4.35. The number of ether oxygens (including phenoxy) is 2. The number of hydrogen-bond donors (Lipinski definition) is 1. The first-order chi connectivity index (χ1) is 12.1. The molecule has 0 bridgehead atoms. The fraction of sp³-hybridized carbons (Fsp3) is 0.588. The van der Waals surface area contributed by atoms with Crippen LogP contribution >= 0.6 is 11.6 Å². The number of carbonyl (C=O) groups excluding carboxylic acids is 1. The molecule has 0 aliphatic carbocycles. The molecule has 1 saturated heterocycles. The maximum Gasteiger partial charge on any atom is 0.310 e. The van der Waals surface area contributed by atoms with E-state index >= 15 is 0 Å². The van der Waals surface area contributed by atoms with Gasteiger partial charge in [-0.3, -0.25) is 4.79 Å². The van der Waals surface area contributed by atoms with Crippen molar-refractivity contribution in [1.82, 2.24) is 15.2 Å². The first-order valence-electron chi connectivity index (χ1n) is 8.41. The van der Waals surface area contributed by atoms with Crippen LogP contribution in [0, 0.1) is 11.8 Å². The number of methoxy groups -OCH3 is 1. The summed E-state index contributed by atoms with van der Waals surface area (Å²) in [7, 11) is 1.43. The number of halogens is 1. The lowest BCUT2D eigenvalue weighted by Crippen LogP contribution is -2.41. The Morgan fingerprint density at radius 1 is 1.52 bits per heavy atom. The maximum atomic E-state index is 11.9. The van der Waals surface area contributed by atoms with Crippen LogP contribution in [-0.2, 0) is 9.53 Å². The highest BCUT2D eigenvalue weighted by molar-refractivity contribution is 6.31. The molecule has 8 heteroatoms. The van der Waals surface area contributed by atoms with E-state index < -0.39 is 0 Å². The van der Waals surface area contributed by atoms with Gasteiger partial charge >= 0.3 is 5.97 Å². The lowest BCUT2D eigenvalue weighted by atomic mass is 9.99. The van der Waals surface area contributed by atoms with Crippen LogP contribution in [0.1, 0.15) is 13.8 Å². The van der Waals surface area contributed by atoms with Crippen LogP contribution < -0.4 is 10.1 Å². The molecular formula is C17H25ClN4O3. The Morgan fingerprint density at radius 3 is 3.00 bits per heavy atom. The number of aliphatic imine (C=N–C) groups is 1. The molecule has 0 aromatic carbocycles. The monoisotopic (exact) mass is 368 g/mol. The number of pyridine rings is 1. The minimum atomic E-state index is -0.168. The highest BCUT2D eigenvalue weighted by Crippen LogP contribution is 2.24. The molecule has 0 spiro atoms. The molecule has 1 aliphatic heterocycles. The maximum absolute atomic E-state index is 11.9. The van der Waals surface area contributed by atoms with Gasteiger partial charge in [0, 0.05) is 25.8 Å². The van der Waals surface area contributed by atoms with E-state index in [9.17, 15) is 4.79 Å². The fourth-order valence-corrected chi connectivity index (χ4v) is 2.97. The number of esters is 1. The zero-order valence-corrected chi connectivity index (χ0v) is 15.6. The highest BCUT2D eigenvalue weighted by atomic mass is 35.5. The molecule has 1 N–H and O–H groups in total. The lowest BCUT2D eigenvalue weighted by Gasteiger charge is -2.21. The molecule has 0 saturated carbocycles. The van der Waals surface area contributed by atoms with Crippen LogP contribution in [0.4, 0.5) is 0 Å². The number of nitrogens with zero attached hydrogens (tertiary/aromatic N) is 3. The third-order valence-electron chi connectivity index (χ3n) is 4.07. The second kappa shape index (κ2) is 9.46. The molecule has 2 rings (SSSR count). The van der Waals surface area contributed by atoms with Crippen LogP contribution in [0.5, 0.6) is 5.88 Å². The van der Waals surface area contributed by atoms with E-state index in [0.29, 0.717) is 30.6 Å². The number of likely N-dealkylation sites (tertiary alicyclic amines) is 1. The van der Waals surface area contributed by atoms with Gasteiger partial charge in [-0.1, -0.05) is 18.5 Å². The van der Waals surface area contributed by atoms with Gasteiger partial charge in [-0.2, -0.15) is 0 Å². The lowest BCUT2D eigenvalue weighted by molar-refractivity contribution is -0.145. The molecule has 2 heterocycles. The van der Waals surface area contributed by atoms with Crippen molar-refractivity contribution >= 4 is 23.5 Å². The summed E-state index contributed by atoms with van der Waals surface area (Å²) < 4.78 is 10.4. The quantitative estimate of drug-likeness (QED) is 0.357. The summed E-state index contributed by atoms with van der Waals surface area (Å²) in [5.41, 5.74) is 0. The minimum Gasteiger partial charge on any atom is -0.475 e. The molecule has 1 aromatic rings. The average Bonchev–Trinajstić information content (AvgIpc) is 3.00. The summed E-state index contributed by atoms with van der Waals surface area (Å²) in [6.07, 6.45) is 1.63. The van der Waals surface area contributed by atoms with Gasteiger partial charge in [0.1, 0.15) is 11.6 Å². The van der Waals surface area contributed by atoms with Crippen LogP contribution in [0.3, 0.4) is 0 Å². The van der Waals surface area contributed by atoms with Gasteiger partial charge in [0.2, 0.25) is 5.88 Å². The summed E-state index contributed by atoms with van der Waals surface area (Å²) in [5, 5.41) is 3.74. The van der Waals surface area contributed by atoms with Gasteiger partial charge < -0.3 is 19.7 Å². The largest absolute Gasteiger partial charge is 0.475 e. The van der Waals surface area contributed by atoms with Crippen molar-refractivity contribution in [2.45, 2.75) is 13.8 Å². The second-order valence-electron chi connectivity index (χ2n) is 5.89. The van der Waals surface area contributed by atoms with E-state index in [1.54, 1.807) is 18.3 Å². The number of guanidine groups is 1. The van der Waals surface area contributed by atoms with Crippen LogP contribution in [-0.4, -0.2) is 61.7 Å². The Labute approximate surface area is 153 Å². The Kier molecular flexibility index (Phi) is 7.31. The molecule has 1 aromatic heterocycles. The predicted molar refractivity (Wildman–Crippen MR) is 97.0 cm³/mol. The zero-order chi connectivity index (χ0) is 18.2. The van der Waals surface area contributed by atoms with Crippen molar-refractivity contribution in [2.24, 2.45) is 16.8 Å². The zero-order valence-electron chi connectivity index (χ0n) is 14.9. The van der Waals surface area contributed by atoms with Crippen LogP contribution in [0.15, 0.2) is 23.3 Å². The molecule has 0 amide bonds. The molecular weight excluding hydrogens is 344 g/mol. The summed E-state index contributed by atoms with van der Waals surface area (Å²) in [4.78, 5) is 22.6. The normalized spacial score (nSPS) is 20.5. The topological polar surface area (TPSA) is 76.1 Å². The number of hydrogen-bond acceptors (Lipinski definition) is 5. The first-order valence-corrected chi connectivity index (χ1v) is 8.79. The molecule has 138 valence electrons. The molecule has 2 unspecified atom stereocenters. The predicted octanol–water partition coefficient (Wildman–Crippen LogP) is 1.82. The Bertz CT molecular complexity index is 611. The highest BCUT2D eigenvalue weighted by Gasteiger charge is 2.36. The number of aromatic nitrogens is 1. The molecule has 2 atom stereocenters. The summed E-state index contributed by atoms with van der Waals surface area (Å²) in [6.45, 7) is 7.01. The van der Waals surface area contributed by atoms with Gasteiger partial charge in [0.25, 0.3) is 0 Å². The van der Waals surface area contributed by atoms with Crippen molar-refractivity contribution < 1.29 is 14.3 Å². The van der Waals surface area contributed by atoms with Crippen molar-refractivity contribution in [1.29, 1.82) is 0 Å². The molecule has 0 radical (unpaired) electrons. The van der Waals surface area contributed by atoms with Crippen molar-refractivity contribution in [3.05, 3.63) is 23.4 Å². The SMILES string of the molecule is CCNC(=NCCOc1ncccc1Cl)N1CC(C)C(C(=O)OC)C1. The van der Waals surface area contributed by atoms with Crippen LogP contribution in [0.25, 0.3) is 0 Å². The van der Waals surface area contributed by atoms with Gasteiger partial charge in [-0.25, -0.2) is 9.98 Å². The number of nitrogens with one attached hydrogen (secondary N) is 1. The Morgan fingerprint density at radius 2 is 2.32 bits per heavy atom. The summed E-state index contributed by atoms with van der Waals surface area (Å²) in [6, 6.07) is 3.48. The Balaban J connectivity index is 1.92. The Hall–Kier alpha value is -2.02. The average molecular weight is 369 g/mol. The molecule has 1 fully saturated rings. The first kappa shape index (κ1) is 19.3. The van der Waals surface area contributed by atoms with E-state index in [-0.39, 0.29) is 17.8 Å². The van der Waals surface area contributed by atoms with Crippen LogP contribution in [0.2, 0.25) is 5.02 Å². The standard InChI is InChI=1S/C17H25ClN4O3/c1-4-19-17(22-10-12(2)13(11-22)16(23)24-3)21-8-9-25-15-14(18)6-5-7-20-15/h5-7,12-13H,4,8-11H2,1-3H3,(H,19,21). The molecule has 1 aliphatic rings.